The van der Waals surface area contributed by atoms with E-state index in [1.54, 1.807) is 0 Å². The van der Waals surface area contributed by atoms with Crippen LogP contribution in [0.2, 0.25) is 0 Å². The Labute approximate surface area is 410 Å². The van der Waals surface area contributed by atoms with E-state index in [-0.39, 0.29) is 12.3 Å². The van der Waals surface area contributed by atoms with E-state index in [0.29, 0.717) is 0 Å². The molecule has 0 spiro atoms. The fourth-order valence-electron chi connectivity index (χ4n) is 11.1. The molecule has 11 aromatic rings. The quantitative estimate of drug-likeness (QED) is 0.149. The topological polar surface area (TPSA) is 22.9 Å². The van der Waals surface area contributed by atoms with Crippen LogP contribution in [0.15, 0.2) is 235 Å². The lowest BCUT2D eigenvalue weighted by atomic mass is 9.43. The highest BCUT2D eigenvalue weighted by Crippen LogP contribution is 2.53. The number of benzene rings is 10. The molecule has 0 radical (unpaired) electrons. The minimum absolute atomic E-state index is 0.00552. The molecule has 1 aromatic heterocycles. The summed E-state index contributed by atoms with van der Waals surface area (Å²) in [6.07, 6.45) is 0. The van der Waals surface area contributed by atoms with Crippen molar-refractivity contribution in [2.24, 2.45) is 0 Å². The Morgan fingerprint density at radius 3 is 1.70 bits per heavy atom. The molecule has 0 aliphatic carbocycles. The normalized spacial score (nSPS) is 12.8. The minimum Gasteiger partial charge on any atom is -0.456 e. The van der Waals surface area contributed by atoms with Gasteiger partial charge in [0.15, 0.2) is 0 Å². The Bertz CT molecular complexity index is 3730. The average molecular weight is 900 g/mol. The van der Waals surface area contributed by atoms with E-state index >= 15 is 0 Å². The number of furan rings is 1. The molecule has 334 valence electrons. The van der Waals surface area contributed by atoms with Gasteiger partial charge in [-0.25, -0.2) is 0 Å². The molecule has 10 aromatic carbocycles. The number of aryl methyl sites for hydroxylation is 1. The van der Waals surface area contributed by atoms with E-state index in [2.05, 4.69) is 273 Å². The molecule has 5 heteroatoms. The summed E-state index contributed by atoms with van der Waals surface area (Å²) in [4.78, 5) is 7.56. The zero-order valence-electron chi connectivity index (χ0n) is 39.8. The van der Waals surface area contributed by atoms with E-state index in [1.165, 1.54) is 49.9 Å². The zero-order chi connectivity index (χ0) is 47.1. The molecular weight excluding hydrogens is 850 g/mol. The van der Waals surface area contributed by atoms with Gasteiger partial charge in [0, 0.05) is 50.8 Å². The third kappa shape index (κ3) is 6.76. The fourth-order valence-corrected chi connectivity index (χ4v) is 11.1. The third-order valence-electron chi connectivity index (χ3n) is 14.5. The molecule has 0 unspecified atom stereocenters. The second-order valence-corrected chi connectivity index (χ2v) is 19.8. The number of anilines is 8. The van der Waals surface area contributed by atoms with E-state index in [1.807, 2.05) is 0 Å². The van der Waals surface area contributed by atoms with Crippen molar-refractivity contribution in [1.29, 1.82) is 0 Å². The first-order valence-electron chi connectivity index (χ1n) is 24.4. The highest BCUT2D eigenvalue weighted by Gasteiger charge is 2.47. The van der Waals surface area contributed by atoms with Crippen LogP contribution in [-0.4, -0.2) is 6.85 Å². The summed E-state index contributed by atoms with van der Waals surface area (Å²) in [5.41, 5.74) is 22.8. The summed E-state index contributed by atoms with van der Waals surface area (Å²) >= 11 is 0. The molecule has 0 fully saturated rings. The molecule has 0 saturated heterocycles. The van der Waals surface area contributed by atoms with Crippen LogP contribution in [0.25, 0.3) is 55.3 Å². The molecule has 2 aliphatic rings. The van der Waals surface area contributed by atoms with Crippen LogP contribution in [0.1, 0.15) is 31.9 Å². The molecule has 0 N–H and O–H groups in total. The summed E-state index contributed by atoms with van der Waals surface area (Å²) in [6, 6.07) is 84.3. The van der Waals surface area contributed by atoms with Crippen molar-refractivity contribution in [3.05, 3.63) is 242 Å². The number of hydrogen-bond acceptors (Lipinski definition) is 4. The SMILES string of the molecule is Cc1cc(C(C)(C)C)ccc1N1c2ccc(-c3ccccc3)cc2B2c3c(cc4oc5ccccc5c4c31)-c1ccc(N(c3ccccc3)c3ccccc3)cc1N2c1ccc(-c2ccccc2)cc1. The lowest BCUT2D eigenvalue weighted by molar-refractivity contribution is 0.590. The predicted molar refractivity (Wildman–Crippen MR) is 296 cm³/mol. The molecule has 13 rings (SSSR count). The van der Waals surface area contributed by atoms with Crippen LogP contribution in [0, 0.1) is 6.92 Å². The Kier molecular flexibility index (Phi) is 9.71. The molecule has 4 nitrogen and oxygen atoms in total. The Balaban J connectivity index is 1.16. The van der Waals surface area contributed by atoms with Crippen molar-refractivity contribution < 1.29 is 4.42 Å². The zero-order valence-corrected chi connectivity index (χ0v) is 39.8. The van der Waals surface area contributed by atoms with Gasteiger partial charge in [0.25, 0.3) is 0 Å². The summed E-state index contributed by atoms with van der Waals surface area (Å²) in [6.45, 7) is 8.93. The van der Waals surface area contributed by atoms with Gasteiger partial charge in [-0.2, -0.15) is 0 Å². The highest BCUT2D eigenvalue weighted by molar-refractivity contribution is 6.94. The Morgan fingerprint density at radius 1 is 0.457 bits per heavy atom. The largest absolute Gasteiger partial charge is 0.456 e. The number of nitrogens with zero attached hydrogens (tertiary/aromatic N) is 3. The Morgan fingerprint density at radius 2 is 1.04 bits per heavy atom. The maximum absolute atomic E-state index is 6.97. The maximum Gasteiger partial charge on any atom is 0.333 e. The first-order chi connectivity index (χ1) is 34.3. The van der Waals surface area contributed by atoms with Crippen molar-refractivity contribution in [2.45, 2.75) is 33.1 Å². The number of rotatable bonds is 7. The molecule has 0 atom stereocenters. The molecule has 3 heterocycles. The monoisotopic (exact) mass is 899 g/mol. The van der Waals surface area contributed by atoms with Crippen LogP contribution < -0.4 is 25.5 Å². The van der Waals surface area contributed by atoms with E-state index in [0.717, 1.165) is 73.0 Å². The van der Waals surface area contributed by atoms with E-state index < -0.39 is 0 Å². The van der Waals surface area contributed by atoms with Gasteiger partial charge in [-0.15, -0.1) is 0 Å². The first kappa shape index (κ1) is 41.6. The first-order valence-corrected chi connectivity index (χ1v) is 24.4. The minimum atomic E-state index is -0.237. The van der Waals surface area contributed by atoms with Gasteiger partial charge in [-0.3, -0.25) is 0 Å². The fraction of sp³-hybridized carbons (Fsp3) is 0.0769. The van der Waals surface area contributed by atoms with Gasteiger partial charge < -0.3 is 19.0 Å². The smallest absolute Gasteiger partial charge is 0.333 e. The lowest BCUT2D eigenvalue weighted by Crippen LogP contribution is -2.61. The van der Waals surface area contributed by atoms with Gasteiger partial charge in [-0.1, -0.05) is 178 Å². The van der Waals surface area contributed by atoms with E-state index in [9.17, 15) is 0 Å². The van der Waals surface area contributed by atoms with Crippen LogP contribution in [0.3, 0.4) is 0 Å². The van der Waals surface area contributed by atoms with Crippen molar-refractivity contribution in [3.63, 3.8) is 0 Å². The van der Waals surface area contributed by atoms with Gasteiger partial charge in [0.05, 0.1) is 11.1 Å². The third-order valence-corrected chi connectivity index (χ3v) is 14.5. The van der Waals surface area contributed by atoms with Gasteiger partial charge >= 0.3 is 6.85 Å². The number of hydrogen-bond donors (Lipinski definition) is 0. The van der Waals surface area contributed by atoms with Crippen LogP contribution >= 0.6 is 0 Å². The lowest BCUT2D eigenvalue weighted by Gasteiger charge is -2.46. The van der Waals surface area contributed by atoms with Crippen LogP contribution in [0.4, 0.5) is 45.5 Å². The second kappa shape index (κ2) is 16.3. The van der Waals surface area contributed by atoms with E-state index in [4.69, 9.17) is 4.42 Å². The number of fused-ring (bicyclic) bond motifs is 8. The molecule has 0 saturated carbocycles. The van der Waals surface area contributed by atoms with Crippen molar-refractivity contribution in [2.75, 3.05) is 14.6 Å². The second-order valence-electron chi connectivity index (χ2n) is 19.8. The molecule has 2 aliphatic heterocycles. The highest BCUT2D eigenvalue weighted by atomic mass is 16.3. The summed E-state index contributed by atoms with van der Waals surface area (Å²) in [7, 11) is 0. The van der Waals surface area contributed by atoms with Gasteiger partial charge in [0.1, 0.15) is 11.2 Å². The van der Waals surface area contributed by atoms with Gasteiger partial charge in [-0.05, 0) is 135 Å². The predicted octanol–water partition coefficient (Wildman–Crippen LogP) is 16.7. The molecule has 70 heavy (non-hydrogen) atoms. The summed E-state index contributed by atoms with van der Waals surface area (Å²) < 4.78 is 6.97. The molecule has 0 bridgehead atoms. The van der Waals surface area contributed by atoms with Crippen LogP contribution in [-0.2, 0) is 5.41 Å². The number of para-hydroxylation sites is 3. The Hall–Kier alpha value is -8.54. The van der Waals surface area contributed by atoms with Crippen LogP contribution in [0.5, 0.6) is 0 Å². The summed E-state index contributed by atoms with van der Waals surface area (Å²) in [5, 5.41) is 2.23. The summed E-state index contributed by atoms with van der Waals surface area (Å²) in [5.74, 6) is 0. The molecule has 0 amide bonds. The van der Waals surface area contributed by atoms with Crippen molar-refractivity contribution >= 4 is 85.2 Å². The average Bonchev–Trinajstić information content (AvgIpc) is 3.78. The maximum atomic E-state index is 6.97. The van der Waals surface area contributed by atoms with Gasteiger partial charge in [0.2, 0.25) is 0 Å². The standard InChI is InChI=1S/C65H50BN3O/c1-43-39-48(65(2,3)4)32-38-57(43)68-58-37-31-47(45-21-11-6-12-22-45)40-56(58)66-63-55(42-61-62(64(63)68)54-27-17-18-28-60(54)70-61)53-36-35-52(67(49-23-13-7-14-24-49)50-25-15-8-16-26-50)41-59(53)69(66)51-33-29-46(30-34-51)44-19-9-5-10-20-44/h5-42H,1-4H3. The van der Waals surface area contributed by atoms with Crippen molar-refractivity contribution in [3.8, 4) is 33.4 Å². The molecular formula is C65H50BN3O. The van der Waals surface area contributed by atoms with Crippen molar-refractivity contribution in [1.82, 2.24) is 0 Å².